The highest BCUT2D eigenvalue weighted by Gasteiger charge is 2.32. The predicted molar refractivity (Wildman–Crippen MR) is 113 cm³/mol. The molecule has 1 aliphatic rings. The van der Waals surface area contributed by atoms with Gasteiger partial charge in [-0.2, -0.15) is 0 Å². The van der Waals surface area contributed by atoms with E-state index in [9.17, 15) is 14.0 Å². The Bertz CT molecular complexity index is 1180. The van der Waals surface area contributed by atoms with E-state index in [1.807, 2.05) is 0 Å². The molecule has 0 fully saturated rings. The monoisotopic (exact) mass is 420 g/mol. The molecule has 5 nitrogen and oxygen atoms in total. The average Bonchev–Trinajstić information content (AvgIpc) is 3.06. The number of carbonyl (C=O) groups excluding carboxylic acids is 1. The fourth-order valence-corrected chi connectivity index (χ4v) is 3.14. The van der Waals surface area contributed by atoms with E-state index in [0.29, 0.717) is 27.7 Å². The van der Waals surface area contributed by atoms with Gasteiger partial charge in [0.15, 0.2) is 0 Å². The third kappa shape index (κ3) is 3.86. The lowest BCUT2D eigenvalue weighted by Crippen LogP contribution is -2.32. The highest BCUT2D eigenvalue weighted by Crippen LogP contribution is 2.29. The van der Waals surface area contributed by atoms with Crippen LogP contribution in [0.3, 0.4) is 0 Å². The Morgan fingerprint density at radius 2 is 1.60 bits per heavy atom. The van der Waals surface area contributed by atoms with Crippen LogP contribution in [0, 0.1) is 5.82 Å². The van der Waals surface area contributed by atoms with Gasteiger partial charge in [0.2, 0.25) is 0 Å². The van der Waals surface area contributed by atoms with Crippen molar-refractivity contribution in [2.24, 2.45) is 4.99 Å². The third-order valence-corrected chi connectivity index (χ3v) is 4.76. The molecule has 0 saturated heterocycles. The number of benzene rings is 3. The Balaban J connectivity index is 1.78. The molecule has 7 heteroatoms. The number of carboxylic acids is 1. The molecule has 1 amide bonds. The Kier molecular flexibility index (Phi) is 5.16. The summed E-state index contributed by atoms with van der Waals surface area (Å²) in [7, 11) is 0. The SMILES string of the molecule is O=C(O)c1ccc(/C=C2/N=C(c3ccc(F)cc3)N(c3ccc(Cl)cc3)C2=O)cc1. The smallest absolute Gasteiger partial charge is 0.335 e. The fraction of sp³-hybridized carbons (Fsp3) is 0. The number of amides is 1. The molecule has 3 aromatic carbocycles. The second-order valence-electron chi connectivity index (χ2n) is 6.52. The van der Waals surface area contributed by atoms with E-state index < -0.39 is 11.8 Å². The van der Waals surface area contributed by atoms with Crippen LogP contribution in [0.1, 0.15) is 21.5 Å². The van der Waals surface area contributed by atoms with Crippen LogP contribution in [0.25, 0.3) is 6.08 Å². The molecular formula is C23H14ClFN2O3. The number of halogens is 2. The van der Waals surface area contributed by atoms with Crippen molar-refractivity contribution in [1.29, 1.82) is 0 Å². The van der Waals surface area contributed by atoms with Crippen LogP contribution in [0.5, 0.6) is 0 Å². The zero-order chi connectivity index (χ0) is 21.3. The molecule has 1 N–H and O–H groups in total. The maximum Gasteiger partial charge on any atom is 0.335 e. The second-order valence-corrected chi connectivity index (χ2v) is 6.95. The van der Waals surface area contributed by atoms with Gasteiger partial charge < -0.3 is 5.11 Å². The zero-order valence-electron chi connectivity index (χ0n) is 15.4. The van der Waals surface area contributed by atoms with Gasteiger partial charge in [0.25, 0.3) is 5.91 Å². The van der Waals surface area contributed by atoms with E-state index in [2.05, 4.69) is 4.99 Å². The normalized spacial score (nSPS) is 14.9. The molecule has 1 heterocycles. The molecule has 4 rings (SSSR count). The number of carboxylic acid groups (broad SMARTS) is 1. The maximum absolute atomic E-state index is 13.4. The molecule has 3 aromatic rings. The van der Waals surface area contributed by atoms with E-state index in [4.69, 9.17) is 16.7 Å². The highest BCUT2D eigenvalue weighted by atomic mass is 35.5. The molecular weight excluding hydrogens is 407 g/mol. The van der Waals surface area contributed by atoms with Crippen LogP contribution in [0.4, 0.5) is 10.1 Å². The largest absolute Gasteiger partial charge is 0.478 e. The Labute approximate surface area is 176 Å². The van der Waals surface area contributed by atoms with Crippen LogP contribution < -0.4 is 4.90 Å². The lowest BCUT2D eigenvalue weighted by molar-refractivity contribution is -0.113. The van der Waals surface area contributed by atoms with Crippen molar-refractivity contribution in [2.75, 3.05) is 4.90 Å². The quantitative estimate of drug-likeness (QED) is 0.603. The lowest BCUT2D eigenvalue weighted by Gasteiger charge is -2.18. The Morgan fingerprint density at radius 3 is 2.20 bits per heavy atom. The van der Waals surface area contributed by atoms with Crippen molar-refractivity contribution in [3.63, 3.8) is 0 Å². The van der Waals surface area contributed by atoms with Gasteiger partial charge in [0.1, 0.15) is 17.3 Å². The summed E-state index contributed by atoms with van der Waals surface area (Å²) in [6, 6.07) is 18.5. The van der Waals surface area contributed by atoms with Gasteiger partial charge in [0.05, 0.1) is 11.3 Å². The molecule has 0 atom stereocenters. The molecule has 0 bridgehead atoms. The summed E-state index contributed by atoms with van der Waals surface area (Å²) in [6.07, 6.45) is 1.58. The van der Waals surface area contributed by atoms with E-state index in [1.165, 1.54) is 29.2 Å². The van der Waals surface area contributed by atoms with Gasteiger partial charge >= 0.3 is 5.97 Å². The highest BCUT2D eigenvalue weighted by molar-refractivity contribution is 6.33. The molecule has 0 aromatic heterocycles. The molecule has 148 valence electrons. The molecule has 1 aliphatic heterocycles. The van der Waals surface area contributed by atoms with E-state index in [-0.39, 0.29) is 17.2 Å². The molecule has 0 spiro atoms. The number of hydrogen-bond acceptors (Lipinski definition) is 3. The summed E-state index contributed by atoms with van der Waals surface area (Å²) >= 11 is 5.97. The second kappa shape index (κ2) is 7.93. The van der Waals surface area contributed by atoms with Gasteiger partial charge in [-0.25, -0.2) is 14.2 Å². The molecule has 0 aliphatic carbocycles. The number of aliphatic imine (C=N–C) groups is 1. The van der Waals surface area contributed by atoms with Gasteiger partial charge in [0, 0.05) is 10.6 Å². The first kappa shape index (κ1) is 19.5. The van der Waals surface area contributed by atoms with Gasteiger partial charge in [-0.1, -0.05) is 23.7 Å². The number of nitrogens with zero attached hydrogens (tertiary/aromatic N) is 2. The minimum Gasteiger partial charge on any atom is -0.478 e. The minimum atomic E-state index is -1.03. The topological polar surface area (TPSA) is 70.0 Å². The van der Waals surface area contributed by atoms with Crippen molar-refractivity contribution in [3.8, 4) is 0 Å². The first-order chi connectivity index (χ1) is 14.4. The minimum absolute atomic E-state index is 0.146. The molecule has 0 saturated carbocycles. The number of amidine groups is 1. The molecule has 0 radical (unpaired) electrons. The number of carbonyl (C=O) groups is 2. The van der Waals surface area contributed by atoms with Crippen molar-refractivity contribution < 1.29 is 19.1 Å². The van der Waals surface area contributed by atoms with Crippen molar-refractivity contribution >= 4 is 41.1 Å². The van der Waals surface area contributed by atoms with Crippen molar-refractivity contribution in [2.45, 2.75) is 0 Å². The molecule has 0 unspecified atom stereocenters. The van der Waals surface area contributed by atoms with Gasteiger partial charge in [-0.05, 0) is 72.3 Å². The standard InChI is InChI=1S/C23H14ClFN2O3/c24-17-7-11-19(12-8-17)27-21(15-5-9-18(25)10-6-15)26-20(22(27)28)13-14-1-3-16(4-2-14)23(29)30/h1-13H,(H,29,30)/b20-13+. The summed E-state index contributed by atoms with van der Waals surface area (Å²) < 4.78 is 13.4. The van der Waals surface area contributed by atoms with E-state index >= 15 is 0 Å². The van der Waals surface area contributed by atoms with Gasteiger partial charge in [-0.3, -0.25) is 9.69 Å². The van der Waals surface area contributed by atoms with E-state index in [0.717, 1.165) is 0 Å². The van der Waals surface area contributed by atoms with Crippen molar-refractivity contribution in [1.82, 2.24) is 0 Å². The van der Waals surface area contributed by atoms with Crippen LogP contribution in [0.15, 0.2) is 83.5 Å². The first-order valence-electron chi connectivity index (χ1n) is 8.92. The zero-order valence-corrected chi connectivity index (χ0v) is 16.2. The Hall–Kier alpha value is -3.77. The van der Waals surface area contributed by atoms with Crippen LogP contribution >= 0.6 is 11.6 Å². The predicted octanol–water partition coefficient (Wildman–Crippen LogP) is 5.01. The van der Waals surface area contributed by atoms with Crippen LogP contribution in [-0.2, 0) is 4.79 Å². The van der Waals surface area contributed by atoms with Crippen LogP contribution in [-0.4, -0.2) is 22.8 Å². The number of hydrogen-bond donors (Lipinski definition) is 1. The van der Waals surface area contributed by atoms with Gasteiger partial charge in [-0.15, -0.1) is 0 Å². The first-order valence-corrected chi connectivity index (χ1v) is 9.30. The summed E-state index contributed by atoms with van der Waals surface area (Å²) in [4.78, 5) is 30.1. The molecule has 30 heavy (non-hydrogen) atoms. The fourth-order valence-electron chi connectivity index (χ4n) is 3.02. The third-order valence-electron chi connectivity index (χ3n) is 4.51. The summed E-state index contributed by atoms with van der Waals surface area (Å²) in [6.45, 7) is 0. The number of anilines is 1. The summed E-state index contributed by atoms with van der Waals surface area (Å²) in [5.41, 5.74) is 2.09. The maximum atomic E-state index is 13.4. The van der Waals surface area contributed by atoms with E-state index in [1.54, 1.807) is 54.6 Å². The Morgan fingerprint density at radius 1 is 0.967 bits per heavy atom. The average molecular weight is 421 g/mol. The summed E-state index contributed by atoms with van der Waals surface area (Å²) in [5, 5.41) is 9.56. The van der Waals surface area contributed by atoms with Crippen LogP contribution in [0.2, 0.25) is 5.02 Å². The van der Waals surface area contributed by atoms with Crippen molar-refractivity contribution in [3.05, 3.63) is 106 Å². The number of aromatic carboxylic acids is 1. The number of rotatable bonds is 4. The lowest BCUT2D eigenvalue weighted by atomic mass is 10.1. The summed E-state index contributed by atoms with van der Waals surface area (Å²) in [5.74, 6) is -1.43.